The molecule has 0 N–H and O–H groups in total. The zero-order chi connectivity index (χ0) is 57.0. The molecule has 0 bridgehead atoms. The number of halogens is 24. The molecule has 404 valence electrons. The molecular weight excluding hydrogens is 1090 g/mol. The van der Waals surface area contributed by atoms with Crippen molar-refractivity contribution in [3.63, 3.8) is 0 Å². The summed E-state index contributed by atoms with van der Waals surface area (Å²) >= 11 is 0. The average molecular weight is 1110 g/mol. The maximum Gasteiger partial charge on any atom is 0.416 e. The van der Waals surface area contributed by atoms with Crippen LogP contribution < -0.4 is 26.4 Å². The first-order valence-corrected chi connectivity index (χ1v) is 20.8. The van der Waals surface area contributed by atoms with Gasteiger partial charge >= 0.3 is 49.4 Å². The summed E-state index contributed by atoms with van der Waals surface area (Å²) in [5, 5.41) is 2.10. The van der Waals surface area contributed by atoms with Gasteiger partial charge in [-0.1, -0.05) is 91.0 Å². The van der Waals surface area contributed by atoms with Crippen molar-refractivity contribution in [2.45, 2.75) is 56.0 Å². The number of rotatable bonds is 7. The summed E-state index contributed by atoms with van der Waals surface area (Å²) in [5.41, 5.74) is -29.4. The Labute approximate surface area is 409 Å². The molecule has 0 spiro atoms. The molecule has 3 nitrogen and oxygen atoms in total. The van der Waals surface area contributed by atoms with Gasteiger partial charge in [-0.05, 0) is 35.0 Å². The number of hydrogen-bond donors (Lipinski definition) is 0. The normalized spacial score (nSPS) is 13.4. The van der Waals surface area contributed by atoms with Crippen LogP contribution in [0.25, 0.3) is 10.8 Å². The van der Waals surface area contributed by atoms with E-state index < -0.39 is 195 Å². The SMILES string of the molecule is FC(F)(F)c1cc([B-](c2cc(C(F)(F)F)cc(C(F)(F)F)c2)(c2cc(C(F)(F)F)cc(C(F)(F)F)c2)c2cc(C(F)(F)F)cc(C(F)(F)F)c2)cc(C(F)(F)F)c1.O=C(C[n+]1ccncc1)c1cccc2ccccc12. The highest BCUT2D eigenvalue weighted by Gasteiger charge is 2.47. The van der Waals surface area contributed by atoms with Crippen molar-refractivity contribution in [3.05, 3.63) is 190 Å². The van der Waals surface area contributed by atoms with Crippen molar-refractivity contribution in [1.82, 2.24) is 4.98 Å². The minimum atomic E-state index is -6.13. The fourth-order valence-corrected chi connectivity index (χ4v) is 8.24. The third-order valence-corrected chi connectivity index (χ3v) is 11.5. The van der Waals surface area contributed by atoms with Crippen molar-refractivity contribution in [1.29, 1.82) is 0 Å². The second kappa shape index (κ2) is 20.0. The van der Waals surface area contributed by atoms with E-state index in [9.17, 15) is 110 Å². The Morgan fingerprint density at radius 3 is 0.908 bits per heavy atom. The van der Waals surface area contributed by atoms with Crippen molar-refractivity contribution < 1.29 is 115 Å². The number of carbonyl (C=O) groups excluding carboxylic acids is 1. The molecule has 6 aromatic carbocycles. The van der Waals surface area contributed by atoms with E-state index in [4.69, 9.17) is 0 Å². The summed E-state index contributed by atoms with van der Waals surface area (Å²) in [7, 11) is 0. The number of ketones is 1. The lowest BCUT2D eigenvalue weighted by Crippen LogP contribution is -2.75. The van der Waals surface area contributed by atoms with Gasteiger partial charge in [0.25, 0.3) is 0 Å². The van der Waals surface area contributed by atoms with Gasteiger partial charge in [-0.15, -0.1) is 0 Å². The monoisotopic (exact) mass is 1110 g/mol. The molecule has 0 radical (unpaired) electrons. The summed E-state index contributed by atoms with van der Waals surface area (Å²) in [6.45, 7) is 0.330. The molecule has 1 aromatic heterocycles. The Bertz CT molecular complexity index is 2810. The van der Waals surface area contributed by atoms with E-state index in [0.29, 0.717) is 6.54 Å². The highest BCUT2D eigenvalue weighted by molar-refractivity contribution is 7.20. The Kier molecular flexibility index (Phi) is 15.3. The Morgan fingerprint density at radius 2 is 0.632 bits per heavy atom. The third kappa shape index (κ3) is 12.9. The molecule has 0 amide bonds. The van der Waals surface area contributed by atoms with Gasteiger partial charge in [0.05, 0.1) is 56.9 Å². The van der Waals surface area contributed by atoms with Crippen LogP contribution in [0, 0.1) is 0 Å². The summed E-state index contributed by atoms with van der Waals surface area (Å²) in [6.07, 6.45) is -47.9. The minimum absolute atomic E-state index is 0.105. The number of aromatic nitrogens is 2. The molecule has 0 fully saturated rings. The van der Waals surface area contributed by atoms with Gasteiger partial charge in [-0.3, -0.25) is 9.78 Å². The maximum atomic E-state index is 14.2. The van der Waals surface area contributed by atoms with Crippen molar-refractivity contribution >= 4 is 44.6 Å². The second-order valence-corrected chi connectivity index (χ2v) is 16.6. The van der Waals surface area contributed by atoms with Gasteiger partial charge in [0, 0.05) is 5.56 Å². The molecule has 7 rings (SSSR count). The second-order valence-electron chi connectivity index (χ2n) is 16.6. The predicted octanol–water partition coefficient (Wildman–Crippen LogP) is 13.6. The van der Waals surface area contributed by atoms with E-state index in [1.165, 1.54) is 0 Å². The maximum absolute atomic E-state index is 14.2. The quantitative estimate of drug-likeness (QED) is 0.0690. The van der Waals surface area contributed by atoms with E-state index in [0.717, 1.165) is 16.3 Å². The molecule has 1 heterocycles. The highest BCUT2D eigenvalue weighted by atomic mass is 19.4. The van der Waals surface area contributed by atoms with E-state index in [-0.39, 0.29) is 5.78 Å². The fourth-order valence-electron chi connectivity index (χ4n) is 8.24. The Balaban J connectivity index is 0.000000408. The van der Waals surface area contributed by atoms with Gasteiger partial charge in [-0.25, -0.2) is 0 Å². The molecule has 0 aliphatic heterocycles. The van der Waals surface area contributed by atoms with Gasteiger partial charge in [0.2, 0.25) is 12.3 Å². The number of carbonyl (C=O) groups is 1. The van der Waals surface area contributed by atoms with E-state index in [2.05, 4.69) is 4.98 Å². The summed E-state index contributed by atoms with van der Waals surface area (Å²) in [6, 6.07) is 4.96. The van der Waals surface area contributed by atoms with Gasteiger partial charge < -0.3 is 0 Å². The minimum Gasteiger partial charge on any atom is -0.287 e. The van der Waals surface area contributed by atoms with Crippen molar-refractivity contribution in [2.24, 2.45) is 0 Å². The van der Waals surface area contributed by atoms with Crippen molar-refractivity contribution in [3.8, 4) is 0 Å². The lowest BCUT2D eigenvalue weighted by molar-refractivity contribution is -0.683. The Hall–Kier alpha value is -7.29. The molecule has 0 atom stereocenters. The molecular formula is C48H25BF24N2O. The topological polar surface area (TPSA) is 33.8 Å². The summed E-state index contributed by atoms with van der Waals surface area (Å²) in [4.78, 5) is 16.3. The van der Waals surface area contributed by atoms with Crippen LogP contribution in [0.4, 0.5) is 105 Å². The van der Waals surface area contributed by atoms with Crippen LogP contribution in [0.5, 0.6) is 0 Å². The standard InChI is InChI=1S/C32H12BF24.C16H13N2O/c34-25(35,36)13-1-14(26(37,38)39)6-21(5-13)33(22-7-15(27(40,41)42)2-16(8-22)28(43,44)45,23-9-17(29(46,47)48)3-18(10-23)30(49,50)51)24-11-19(31(52,53)54)4-20(12-24)32(55,56)57;19-16(12-18-10-8-17-9-11-18)15-7-3-5-13-4-1-2-6-14(13)15/h1-12H;1-11H,12H2/q-1;+1. The van der Waals surface area contributed by atoms with Crippen LogP contribution in [0.3, 0.4) is 0 Å². The van der Waals surface area contributed by atoms with Crippen LogP contribution in [-0.4, -0.2) is 16.9 Å². The van der Waals surface area contributed by atoms with E-state index in [1.807, 2.05) is 47.0 Å². The molecule has 28 heteroatoms. The zero-order valence-corrected chi connectivity index (χ0v) is 36.9. The smallest absolute Gasteiger partial charge is 0.287 e. The summed E-state index contributed by atoms with van der Waals surface area (Å²) in [5.74, 6) is 0.105. The number of hydrogen-bond acceptors (Lipinski definition) is 2. The third-order valence-electron chi connectivity index (χ3n) is 11.5. The number of nitrogens with zero attached hydrogens (tertiary/aromatic N) is 2. The number of benzene rings is 6. The first-order valence-electron chi connectivity index (χ1n) is 20.8. The highest BCUT2D eigenvalue weighted by Crippen LogP contribution is 2.41. The fraction of sp³-hybridized carbons (Fsp3) is 0.188. The lowest BCUT2D eigenvalue weighted by atomic mass is 9.12. The van der Waals surface area contributed by atoms with E-state index in [1.54, 1.807) is 24.8 Å². The lowest BCUT2D eigenvalue weighted by Gasteiger charge is -2.46. The van der Waals surface area contributed by atoms with Crippen molar-refractivity contribution in [2.75, 3.05) is 0 Å². The molecule has 0 saturated carbocycles. The van der Waals surface area contributed by atoms with Crippen LogP contribution >= 0.6 is 0 Å². The van der Waals surface area contributed by atoms with Crippen LogP contribution in [0.1, 0.15) is 54.9 Å². The molecule has 0 unspecified atom stereocenters. The van der Waals surface area contributed by atoms with Crippen LogP contribution in [0.2, 0.25) is 0 Å². The van der Waals surface area contributed by atoms with Gasteiger partial charge in [0.15, 0.2) is 12.4 Å². The molecule has 0 saturated heterocycles. The molecule has 0 aliphatic carbocycles. The number of alkyl halides is 24. The van der Waals surface area contributed by atoms with Gasteiger partial charge in [0.1, 0.15) is 6.15 Å². The first kappa shape index (κ1) is 58.0. The predicted molar refractivity (Wildman–Crippen MR) is 223 cm³/mol. The number of Topliss-reactive ketones (excluding diaryl/α,β-unsaturated/α-hetero) is 1. The molecule has 0 aliphatic rings. The van der Waals surface area contributed by atoms with E-state index >= 15 is 0 Å². The summed E-state index contributed by atoms with van der Waals surface area (Å²) < 4.78 is 343. The molecule has 76 heavy (non-hydrogen) atoms. The first-order chi connectivity index (χ1) is 34.6. The largest absolute Gasteiger partial charge is 0.416 e. The zero-order valence-electron chi connectivity index (χ0n) is 36.9. The van der Waals surface area contributed by atoms with Gasteiger partial charge in [-0.2, -0.15) is 132 Å². The Morgan fingerprint density at radius 1 is 0.368 bits per heavy atom. The number of fused-ring (bicyclic) bond motifs is 1. The van der Waals surface area contributed by atoms with Crippen LogP contribution in [-0.2, 0) is 56.0 Å². The molecule has 7 aromatic rings. The average Bonchev–Trinajstić information content (AvgIpc) is 3.29. The van der Waals surface area contributed by atoms with Crippen LogP contribution in [0.15, 0.2) is 140 Å².